The summed E-state index contributed by atoms with van der Waals surface area (Å²) in [6.45, 7) is 5.45. The minimum Gasteiger partial charge on any atom is -0.315 e. The van der Waals surface area contributed by atoms with Gasteiger partial charge in [0.05, 0.1) is 0 Å². The van der Waals surface area contributed by atoms with Crippen LogP contribution in [-0.2, 0) is 6.54 Å². The first-order chi connectivity index (χ1) is 7.88. The first-order valence-corrected chi connectivity index (χ1v) is 7.03. The smallest absolute Gasteiger partial charge is 0.0208 e. The van der Waals surface area contributed by atoms with Gasteiger partial charge in [0.2, 0.25) is 0 Å². The van der Waals surface area contributed by atoms with E-state index in [1.807, 2.05) is 11.8 Å². The Kier molecular flexibility index (Phi) is 4.69. The van der Waals surface area contributed by atoms with Gasteiger partial charge >= 0.3 is 0 Å². The van der Waals surface area contributed by atoms with Gasteiger partial charge in [-0.3, -0.25) is 0 Å². The quantitative estimate of drug-likeness (QED) is 0.767. The second-order valence-corrected chi connectivity index (χ2v) is 5.49. The van der Waals surface area contributed by atoms with Gasteiger partial charge < -0.3 is 10.6 Å². The Morgan fingerprint density at radius 3 is 2.81 bits per heavy atom. The third-order valence-electron chi connectivity index (χ3n) is 2.89. The second-order valence-electron chi connectivity index (χ2n) is 4.15. The molecule has 2 rings (SSSR count). The lowest BCUT2D eigenvalue weighted by molar-refractivity contribution is 0.547. The Bertz CT molecular complexity index is 304. The molecule has 0 aromatic heterocycles. The molecule has 1 aromatic rings. The van der Waals surface area contributed by atoms with Gasteiger partial charge in [-0.1, -0.05) is 19.1 Å². The summed E-state index contributed by atoms with van der Waals surface area (Å²) < 4.78 is 0. The third kappa shape index (κ3) is 3.51. The molecule has 2 nitrogen and oxygen atoms in total. The molecule has 1 atom stereocenters. The molecule has 1 aromatic carbocycles. The number of hydrogen-bond acceptors (Lipinski definition) is 3. The van der Waals surface area contributed by atoms with E-state index in [1.54, 1.807) is 0 Å². The Labute approximate surface area is 102 Å². The van der Waals surface area contributed by atoms with Gasteiger partial charge in [0.25, 0.3) is 0 Å². The van der Waals surface area contributed by atoms with Crippen LogP contribution < -0.4 is 10.6 Å². The number of hydrogen-bond donors (Lipinski definition) is 2. The van der Waals surface area contributed by atoms with Crippen LogP contribution in [0.15, 0.2) is 29.2 Å². The van der Waals surface area contributed by atoms with Gasteiger partial charge in [-0.2, -0.15) is 0 Å². The van der Waals surface area contributed by atoms with Crippen LogP contribution in [0.3, 0.4) is 0 Å². The van der Waals surface area contributed by atoms with Gasteiger partial charge in [-0.25, -0.2) is 0 Å². The summed E-state index contributed by atoms with van der Waals surface area (Å²) in [6.07, 6.45) is 1.25. The fourth-order valence-corrected chi connectivity index (χ4v) is 2.62. The van der Waals surface area contributed by atoms with Crippen LogP contribution >= 0.6 is 11.8 Å². The third-order valence-corrected chi connectivity index (χ3v) is 3.78. The first kappa shape index (κ1) is 12.0. The average Bonchev–Trinajstić information content (AvgIpc) is 2.82. The topological polar surface area (TPSA) is 24.1 Å². The molecule has 1 unspecified atom stereocenters. The molecule has 1 aliphatic rings. The average molecular weight is 236 g/mol. The summed E-state index contributed by atoms with van der Waals surface area (Å²) in [5.41, 5.74) is 1.38. The van der Waals surface area contributed by atoms with Crippen molar-refractivity contribution in [1.29, 1.82) is 0 Å². The van der Waals surface area contributed by atoms with Crippen LogP contribution in [0.25, 0.3) is 0 Å². The maximum Gasteiger partial charge on any atom is 0.0208 e. The molecule has 0 saturated carbocycles. The van der Waals surface area contributed by atoms with E-state index >= 15 is 0 Å². The van der Waals surface area contributed by atoms with Crippen molar-refractivity contribution in [2.75, 3.05) is 18.8 Å². The van der Waals surface area contributed by atoms with E-state index in [1.165, 1.54) is 16.9 Å². The highest BCUT2D eigenvalue weighted by Gasteiger charge is 2.12. The predicted octanol–water partition coefficient (Wildman–Crippen LogP) is 2.25. The Morgan fingerprint density at radius 2 is 2.19 bits per heavy atom. The standard InChI is InChI=1S/C13H20N2S/c1-2-16-13-5-3-11(4-6-13)9-15-12-7-8-14-10-12/h3-6,12,14-15H,2,7-10H2,1H3. The van der Waals surface area contributed by atoms with E-state index < -0.39 is 0 Å². The molecule has 1 aliphatic heterocycles. The van der Waals surface area contributed by atoms with E-state index in [0.29, 0.717) is 6.04 Å². The highest BCUT2D eigenvalue weighted by molar-refractivity contribution is 7.99. The summed E-state index contributed by atoms with van der Waals surface area (Å²) in [7, 11) is 0. The highest BCUT2D eigenvalue weighted by atomic mass is 32.2. The minimum atomic E-state index is 0.657. The molecule has 1 heterocycles. The van der Waals surface area contributed by atoms with E-state index in [9.17, 15) is 0 Å². The van der Waals surface area contributed by atoms with Crippen LogP contribution in [0.5, 0.6) is 0 Å². The lowest BCUT2D eigenvalue weighted by Gasteiger charge is -2.11. The highest BCUT2D eigenvalue weighted by Crippen LogP contribution is 2.17. The minimum absolute atomic E-state index is 0.657. The molecule has 0 bridgehead atoms. The zero-order valence-corrected chi connectivity index (χ0v) is 10.6. The normalized spacial score (nSPS) is 20.2. The maximum absolute atomic E-state index is 3.58. The molecule has 0 amide bonds. The zero-order chi connectivity index (χ0) is 11.2. The summed E-state index contributed by atoms with van der Waals surface area (Å²) in [5.74, 6) is 1.14. The van der Waals surface area contributed by atoms with E-state index in [4.69, 9.17) is 0 Å². The Hall–Kier alpha value is -0.510. The van der Waals surface area contributed by atoms with Gasteiger partial charge in [0.1, 0.15) is 0 Å². The van der Waals surface area contributed by atoms with Crippen LogP contribution in [0.2, 0.25) is 0 Å². The monoisotopic (exact) mass is 236 g/mol. The molecule has 0 radical (unpaired) electrons. The molecule has 0 spiro atoms. The van der Waals surface area contributed by atoms with Gasteiger partial charge in [0, 0.05) is 24.0 Å². The number of thioether (sulfide) groups is 1. The van der Waals surface area contributed by atoms with E-state index in [0.717, 1.165) is 25.4 Å². The summed E-state index contributed by atoms with van der Waals surface area (Å²) in [5, 5.41) is 6.95. The van der Waals surface area contributed by atoms with Crippen molar-refractivity contribution in [2.24, 2.45) is 0 Å². The van der Waals surface area contributed by atoms with Gasteiger partial charge in [0.15, 0.2) is 0 Å². The van der Waals surface area contributed by atoms with Crippen LogP contribution in [-0.4, -0.2) is 24.9 Å². The Morgan fingerprint density at radius 1 is 1.38 bits per heavy atom. The zero-order valence-electron chi connectivity index (χ0n) is 9.83. The fraction of sp³-hybridized carbons (Fsp3) is 0.538. The van der Waals surface area contributed by atoms with Crippen LogP contribution in [0.4, 0.5) is 0 Å². The number of benzene rings is 1. The molecule has 1 fully saturated rings. The predicted molar refractivity (Wildman–Crippen MR) is 71.0 cm³/mol. The maximum atomic E-state index is 3.58. The first-order valence-electron chi connectivity index (χ1n) is 6.04. The molecule has 88 valence electrons. The molecule has 1 saturated heterocycles. The lowest BCUT2D eigenvalue weighted by Crippen LogP contribution is -2.30. The molecule has 3 heteroatoms. The van der Waals surface area contributed by atoms with E-state index in [2.05, 4.69) is 41.8 Å². The molecule has 0 aliphatic carbocycles. The Balaban J connectivity index is 1.80. The summed E-state index contributed by atoms with van der Waals surface area (Å²) in [6, 6.07) is 9.56. The van der Waals surface area contributed by atoms with Gasteiger partial charge in [-0.05, 0) is 36.4 Å². The molecule has 16 heavy (non-hydrogen) atoms. The van der Waals surface area contributed by atoms with Crippen molar-refractivity contribution >= 4 is 11.8 Å². The van der Waals surface area contributed by atoms with Crippen molar-refractivity contribution < 1.29 is 0 Å². The van der Waals surface area contributed by atoms with Crippen molar-refractivity contribution in [1.82, 2.24) is 10.6 Å². The molecular formula is C13H20N2S. The summed E-state index contributed by atoms with van der Waals surface area (Å²) >= 11 is 1.90. The second kappa shape index (κ2) is 6.28. The largest absolute Gasteiger partial charge is 0.315 e. The fourth-order valence-electron chi connectivity index (χ4n) is 1.96. The van der Waals surface area contributed by atoms with Crippen molar-refractivity contribution in [3.05, 3.63) is 29.8 Å². The molecular weight excluding hydrogens is 216 g/mol. The van der Waals surface area contributed by atoms with Crippen LogP contribution in [0.1, 0.15) is 18.9 Å². The number of rotatable bonds is 5. The SMILES string of the molecule is CCSc1ccc(CNC2CCNC2)cc1. The van der Waals surface area contributed by atoms with Crippen molar-refractivity contribution in [2.45, 2.75) is 30.8 Å². The van der Waals surface area contributed by atoms with Gasteiger partial charge in [-0.15, -0.1) is 11.8 Å². The van der Waals surface area contributed by atoms with E-state index in [-0.39, 0.29) is 0 Å². The summed E-state index contributed by atoms with van der Waals surface area (Å²) in [4.78, 5) is 1.37. The number of nitrogens with one attached hydrogen (secondary N) is 2. The van der Waals surface area contributed by atoms with Crippen molar-refractivity contribution in [3.8, 4) is 0 Å². The van der Waals surface area contributed by atoms with Crippen LogP contribution in [0, 0.1) is 0 Å². The molecule has 2 N–H and O–H groups in total. The lowest BCUT2D eigenvalue weighted by atomic mass is 10.2. The van der Waals surface area contributed by atoms with Crippen molar-refractivity contribution in [3.63, 3.8) is 0 Å².